The number of hydrogen-bond donors (Lipinski definition) is 1. The van der Waals surface area contributed by atoms with E-state index in [0.717, 1.165) is 5.56 Å². The summed E-state index contributed by atoms with van der Waals surface area (Å²) in [6.07, 6.45) is 1.42. The predicted octanol–water partition coefficient (Wildman–Crippen LogP) is 1.77. The molecule has 1 aliphatic rings. The molecule has 1 aromatic rings. The van der Waals surface area contributed by atoms with Gasteiger partial charge < -0.3 is 5.11 Å². The fourth-order valence-electron chi connectivity index (χ4n) is 2.06. The lowest BCUT2D eigenvalue weighted by atomic mass is 9.72. The smallest absolute Gasteiger partial charge is 0.324 e. The lowest BCUT2D eigenvalue weighted by Gasteiger charge is -2.28. The Morgan fingerprint density at radius 3 is 2.67 bits per heavy atom. The van der Waals surface area contributed by atoms with Crippen molar-refractivity contribution in [3.8, 4) is 6.07 Å². The van der Waals surface area contributed by atoms with E-state index in [1.165, 1.54) is 5.56 Å². The Kier molecular flexibility index (Phi) is 2.20. The Hall–Kier alpha value is -1.82. The van der Waals surface area contributed by atoms with Crippen LogP contribution in [0.4, 0.5) is 0 Å². The largest absolute Gasteiger partial charge is 0.480 e. The monoisotopic (exact) mass is 201 g/mol. The molecule has 0 spiro atoms. The number of carboxylic acid groups (broad SMARTS) is 1. The minimum Gasteiger partial charge on any atom is -0.480 e. The van der Waals surface area contributed by atoms with Gasteiger partial charge in [0.2, 0.25) is 0 Å². The first-order valence-corrected chi connectivity index (χ1v) is 4.89. The minimum absolute atomic E-state index is 0.328. The molecule has 1 atom stereocenters. The van der Waals surface area contributed by atoms with Crippen LogP contribution in [0.1, 0.15) is 17.5 Å². The summed E-state index contributed by atoms with van der Waals surface area (Å²) in [5.41, 5.74) is 0.950. The lowest BCUT2D eigenvalue weighted by Crippen LogP contribution is -2.35. The molecule has 0 amide bonds. The molecule has 0 fully saturated rings. The van der Waals surface area contributed by atoms with E-state index >= 15 is 0 Å². The molecule has 1 aliphatic carbocycles. The highest BCUT2D eigenvalue weighted by atomic mass is 16.4. The van der Waals surface area contributed by atoms with Crippen molar-refractivity contribution < 1.29 is 9.90 Å². The summed E-state index contributed by atoms with van der Waals surface area (Å²) < 4.78 is 0. The van der Waals surface area contributed by atoms with Gasteiger partial charge >= 0.3 is 5.97 Å². The van der Waals surface area contributed by atoms with Gasteiger partial charge in [-0.25, -0.2) is 0 Å². The fourth-order valence-corrected chi connectivity index (χ4v) is 2.06. The van der Waals surface area contributed by atoms with Gasteiger partial charge in [-0.2, -0.15) is 5.26 Å². The standard InChI is InChI=1S/C12H11NO2/c13-8-12(11(14)15)6-5-9-3-1-2-4-10(9)7-12/h1-4H,5-7H2,(H,14,15). The van der Waals surface area contributed by atoms with E-state index in [0.29, 0.717) is 19.3 Å². The van der Waals surface area contributed by atoms with E-state index in [1.807, 2.05) is 30.3 Å². The van der Waals surface area contributed by atoms with Crippen molar-refractivity contribution in [1.29, 1.82) is 5.26 Å². The molecule has 0 saturated carbocycles. The van der Waals surface area contributed by atoms with Crippen LogP contribution in [0.3, 0.4) is 0 Å². The quantitative estimate of drug-likeness (QED) is 0.753. The van der Waals surface area contributed by atoms with E-state index < -0.39 is 11.4 Å². The Labute approximate surface area is 88.0 Å². The average molecular weight is 201 g/mol. The maximum Gasteiger partial charge on any atom is 0.324 e. The zero-order chi connectivity index (χ0) is 10.9. The van der Waals surface area contributed by atoms with Gasteiger partial charge in [0.1, 0.15) is 0 Å². The minimum atomic E-state index is -1.21. The third-order valence-electron chi connectivity index (χ3n) is 3.06. The van der Waals surface area contributed by atoms with Crippen LogP contribution in [0, 0.1) is 16.7 Å². The normalized spacial score (nSPS) is 23.9. The highest BCUT2D eigenvalue weighted by Crippen LogP contribution is 2.35. The molecule has 1 unspecified atom stereocenters. The topological polar surface area (TPSA) is 61.1 Å². The van der Waals surface area contributed by atoms with Gasteiger partial charge in [-0.05, 0) is 24.0 Å². The summed E-state index contributed by atoms with van der Waals surface area (Å²) in [7, 11) is 0. The number of rotatable bonds is 1. The van der Waals surface area contributed by atoms with Gasteiger partial charge in [0.25, 0.3) is 0 Å². The number of nitriles is 1. The molecule has 15 heavy (non-hydrogen) atoms. The third-order valence-corrected chi connectivity index (χ3v) is 3.06. The summed E-state index contributed by atoms with van der Waals surface area (Å²) in [5, 5.41) is 18.1. The van der Waals surface area contributed by atoms with Gasteiger partial charge in [-0.3, -0.25) is 4.79 Å². The highest BCUT2D eigenvalue weighted by Gasteiger charge is 2.41. The molecule has 3 heteroatoms. The van der Waals surface area contributed by atoms with Crippen molar-refractivity contribution in [3.63, 3.8) is 0 Å². The van der Waals surface area contributed by atoms with E-state index in [1.54, 1.807) is 0 Å². The van der Waals surface area contributed by atoms with Gasteiger partial charge in [-0.1, -0.05) is 24.3 Å². The molecule has 0 radical (unpaired) electrons. The van der Waals surface area contributed by atoms with Gasteiger partial charge in [0.05, 0.1) is 6.07 Å². The third kappa shape index (κ3) is 1.48. The van der Waals surface area contributed by atoms with E-state index in [4.69, 9.17) is 10.4 Å². The zero-order valence-corrected chi connectivity index (χ0v) is 8.23. The van der Waals surface area contributed by atoms with Crippen molar-refractivity contribution in [2.45, 2.75) is 19.3 Å². The van der Waals surface area contributed by atoms with E-state index in [2.05, 4.69) is 0 Å². The van der Waals surface area contributed by atoms with Gasteiger partial charge in [-0.15, -0.1) is 0 Å². The number of fused-ring (bicyclic) bond motifs is 1. The van der Waals surface area contributed by atoms with Crippen LogP contribution in [0.5, 0.6) is 0 Å². The second-order valence-electron chi connectivity index (χ2n) is 3.94. The molecule has 0 saturated heterocycles. The number of benzene rings is 1. The predicted molar refractivity (Wildman–Crippen MR) is 54.1 cm³/mol. The maximum absolute atomic E-state index is 11.1. The van der Waals surface area contributed by atoms with Crippen LogP contribution in [-0.4, -0.2) is 11.1 Å². The molecule has 0 aliphatic heterocycles. The average Bonchev–Trinajstić information content (AvgIpc) is 2.28. The second-order valence-corrected chi connectivity index (χ2v) is 3.94. The summed E-state index contributed by atoms with van der Waals surface area (Å²) >= 11 is 0. The maximum atomic E-state index is 11.1. The molecule has 0 aromatic heterocycles. The molecular weight excluding hydrogens is 190 g/mol. The van der Waals surface area contributed by atoms with Crippen LogP contribution in [0.15, 0.2) is 24.3 Å². The number of carbonyl (C=O) groups is 1. The van der Waals surface area contributed by atoms with Crippen molar-refractivity contribution in [3.05, 3.63) is 35.4 Å². The van der Waals surface area contributed by atoms with Crippen molar-refractivity contribution in [1.82, 2.24) is 0 Å². The van der Waals surface area contributed by atoms with Gasteiger partial charge in [0, 0.05) is 6.42 Å². The zero-order valence-electron chi connectivity index (χ0n) is 8.23. The molecule has 2 rings (SSSR count). The number of nitrogens with zero attached hydrogens (tertiary/aromatic N) is 1. The van der Waals surface area contributed by atoms with E-state index in [-0.39, 0.29) is 0 Å². The highest BCUT2D eigenvalue weighted by molar-refractivity contribution is 5.79. The van der Waals surface area contributed by atoms with Crippen LogP contribution >= 0.6 is 0 Å². The van der Waals surface area contributed by atoms with Crippen molar-refractivity contribution >= 4 is 5.97 Å². The van der Waals surface area contributed by atoms with Crippen LogP contribution in [0.25, 0.3) is 0 Å². The molecular formula is C12H11NO2. The lowest BCUT2D eigenvalue weighted by molar-refractivity contribution is -0.146. The molecule has 0 bridgehead atoms. The van der Waals surface area contributed by atoms with Gasteiger partial charge in [0.15, 0.2) is 5.41 Å². The first kappa shape index (κ1) is 9.72. The van der Waals surface area contributed by atoms with Crippen LogP contribution in [0.2, 0.25) is 0 Å². The Bertz CT molecular complexity index is 447. The van der Waals surface area contributed by atoms with Crippen LogP contribution in [-0.2, 0) is 17.6 Å². The molecule has 1 N–H and O–H groups in total. The first-order chi connectivity index (χ1) is 7.18. The molecule has 3 nitrogen and oxygen atoms in total. The SMILES string of the molecule is N#CC1(C(=O)O)CCc2ccccc2C1. The second kappa shape index (κ2) is 3.39. The van der Waals surface area contributed by atoms with Crippen molar-refractivity contribution in [2.75, 3.05) is 0 Å². The number of aliphatic carboxylic acids is 1. The summed E-state index contributed by atoms with van der Waals surface area (Å²) in [5.74, 6) is -1.00. The number of aryl methyl sites for hydroxylation is 1. The Morgan fingerprint density at radius 2 is 2.07 bits per heavy atom. The number of carboxylic acids is 1. The number of hydrogen-bond acceptors (Lipinski definition) is 2. The first-order valence-electron chi connectivity index (χ1n) is 4.89. The van der Waals surface area contributed by atoms with E-state index in [9.17, 15) is 4.79 Å². The Morgan fingerprint density at radius 1 is 1.40 bits per heavy atom. The fraction of sp³-hybridized carbons (Fsp3) is 0.333. The van der Waals surface area contributed by atoms with Crippen molar-refractivity contribution in [2.24, 2.45) is 5.41 Å². The molecule has 76 valence electrons. The summed E-state index contributed by atoms with van der Waals surface area (Å²) in [4.78, 5) is 11.1. The molecule has 1 aromatic carbocycles. The molecule has 0 heterocycles. The summed E-state index contributed by atoms with van der Waals surface area (Å²) in [6, 6.07) is 9.69. The Balaban J connectivity index is 2.40. The summed E-state index contributed by atoms with van der Waals surface area (Å²) in [6.45, 7) is 0. The van der Waals surface area contributed by atoms with Crippen LogP contribution < -0.4 is 0 Å².